The lowest BCUT2D eigenvalue weighted by Crippen LogP contribution is -1.96. The van der Waals surface area contributed by atoms with Crippen molar-refractivity contribution in [1.29, 1.82) is 0 Å². The van der Waals surface area contributed by atoms with Gasteiger partial charge in [-0.05, 0) is 25.1 Å². The van der Waals surface area contributed by atoms with Gasteiger partial charge in [0, 0.05) is 23.0 Å². The number of hydrogen-bond acceptors (Lipinski definition) is 3. The molecule has 4 heteroatoms. The Morgan fingerprint density at radius 2 is 2.06 bits per heavy atom. The third-order valence-electron chi connectivity index (χ3n) is 2.30. The molecule has 0 aromatic carbocycles. The van der Waals surface area contributed by atoms with Crippen LogP contribution in [0.25, 0.3) is 11.1 Å². The molecule has 0 radical (unpaired) electrons. The van der Waals surface area contributed by atoms with Crippen molar-refractivity contribution in [3.8, 4) is 11.1 Å². The number of nitrogens with zero attached hydrogens (tertiary/aromatic N) is 2. The molecule has 0 aliphatic carbocycles. The van der Waals surface area contributed by atoms with Crippen molar-refractivity contribution in [2.45, 2.75) is 13.5 Å². The predicted molar refractivity (Wildman–Crippen MR) is 58.1 cm³/mol. The summed E-state index contributed by atoms with van der Waals surface area (Å²) in [5, 5.41) is 9.20. The van der Waals surface area contributed by atoms with E-state index in [1.54, 1.807) is 6.07 Å². The van der Waals surface area contributed by atoms with E-state index in [-0.39, 0.29) is 6.61 Å². The largest absolute Gasteiger partial charge is 0.390 e. The summed E-state index contributed by atoms with van der Waals surface area (Å²) in [6, 6.07) is 6.60. The number of rotatable bonds is 2. The van der Waals surface area contributed by atoms with E-state index in [4.69, 9.17) is 0 Å². The van der Waals surface area contributed by atoms with Crippen LogP contribution < -0.4 is 0 Å². The molecule has 0 aliphatic heterocycles. The molecule has 1 N–H and O–H groups in total. The normalized spacial score (nSPS) is 10.4. The average molecular weight is 218 g/mol. The molecule has 0 fully saturated rings. The zero-order valence-corrected chi connectivity index (χ0v) is 8.81. The number of aryl methyl sites for hydroxylation is 1. The molecule has 0 bridgehead atoms. The minimum absolute atomic E-state index is 0.144. The molecule has 2 aromatic rings. The molecule has 82 valence electrons. The van der Waals surface area contributed by atoms with E-state index in [0.29, 0.717) is 5.69 Å². The second-order valence-corrected chi connectivity index (χ2v) is 3.47. The van der Waals surface area contributed by atoms with Gasteiger partial charge >= 0.3 is 0 Å². The summed E-state index contributed by atoms with van der Waals surface area (Å²) >= 11 is 0. The molecule has 0 unspecified atom stereocenters. The zero-order chi connectivity index (χ0) is 11.5. The molecule has 0 saturated heterocycles. The van der Waals surface area contributed by atoms with Gasteiger partial charge in [0.1, 0.15) is 0 Å². The summed E-state index contributed by atoms with van der Waals surface area (Å²) in [4.78, 5) is 7.80. The molecule has 16 heavy (non-hydrogen) atoms. The molecular weight excluding hydrogens is 207 g/mol. The summed E-state index contributed by atoms with van der Waals surface area (Å²) in [5.74, 6) is -0.519. The van der Waals surface area contributed by atoms with E-state index in [2.05, 4.69) is 9.97 Å². The van der Waals surface area contributed by atoms with Crippen molar-refractivity contribution in [2.24, 2.45) is 0 Å². The third kappa shape index (κ3) is 2.06. The Hall–Kier alpha value is -1.81. The Morgan fingerprint density at radius 1 is 1.25 bits per heavy atom. The molecule has 2 aromatic heterocycles. The van der Waals surface area contributed by atoms with E-state index in [1.165, 1.54) is 12.3 Å². The highest BCUT2D eigenvalue weighted by Gasteiger charge is 2.06. The summed E-state index contributed by atoms with van der Waals surface area (Å²) < 4.78 is 12.7. The quantitative estimate of drug-likeness (QED) is 0.785. The molecule has 0 saturated carbocycles. The van der Waals surface area contributed by atoms with E-state index in [1.807, 2.05) is 19.1 Å². The van der Waals surface area contributed by atoms with Crippen molar-refractivity contribution < 1.29 is 9.50 Å². The average Bonchev–Trinajstić information content (AvgIpc) is 2.30. The minimum atomic E-state index is -0.519. The highest BCUT2D eigenvalue weighted by molar-refractivity contribution is 5.64. The lowest BCUT2D eigenvalue weighted by molar-refractivity contribution is 0.277. The Labute approximate surface area is 92.6 Å². The Kier molecular flexibility index (Phi) is 2.92. The molecule has 0 spiro atoms. The number of aliphatic hydroxyl groups excluding tert-OH is 1. The first-order valence-electron chi connectivity index (χ1n) is 4.90. The van der Waals surface area contributed by atoms with Crippen LogP contribution in [-0.2, 0) is 6.61 Å². The fraction of sp³-hybridized carbons (Fsp3) is 0.167. The lowest BCUT2D eigenvalue weighted by Gasteiger charge is -2.07. The Morgan fingerprint density at radius 3 is 2.69 bits per heavy atom. The predicted octanol–water partition coefficient (Wildman–Crippen LogP) is 2.08. The SMILES string of the molecule is Cc1ccc(-c2ccc(F)nc2)c(CO)n1. The standard InChI is InChI=1S/C12H11FN2O/c1-8-2-4-10(11(7-16)15-8)9-3-5-12(13)14-6-9/h2-6,16H,7H2,1H3. The first-order valence-corrected chi connectivity index (χ1v) is 4.90. The van der Waals surface area contributed by atoms with Crippen LogP contribution in [0.15, 0.2) is 30.5 Å². The van der Waals surface area contributed by atoms with Gasteiger partial charge in [-0.2, -0.15) is 4.39 Å². The maximum absolute atomic E-state index is 12.7. The summed E-state index contributed by atoms with van der Waals surface area (Å²) in [6.45, 7) is 1.71. The van der Waals surface area contributed by atoms with Crippen LogP contribution in [0.1, 0.15) is 11.4 Å². The first kappa shape index (κ1) is 10.7. The van der Waals surface area contributed by atoms with Crippen molar-refractivity contribution in [2.75, 3.05) is 0 Å². The molecule has 0 aliphatic rings. The van der Waals surface area contributed by atoms with Crippen LogP contribution in [0.4, 0.5) is 4.39 Å². The fourth-order valence-electron chi connectivity index (χ4n) is 1.53. The highest BCUT2D eigenvalue weighted by Crippen LogP contribution is 2.22. The molecule has 0 atom stereocenters. The molecule has 2 rings (SSSR count). The van der Waals surface area contributed by atoms with Gasteiger partial charge in [-0.1, -0.05) is 6.07 Å². The van der Waals surface area contributed by atoms with Gasteiger partial charge < -0.3 is 5.11 Å². The zero-order valence-electron chi connectivity index (χ0n) is 8.81. The van der Waals surface area contributed by atoms with Gasteiger partial charge in [-0.3, -0.25) is 4.98 Å². The van der Waals surface area contributed by atoms with Gasteiger partial charge in [-0.25, -0.2) is 4.98 Å². The maximum atomic E-state index is 12.7. The second kappa shape index (κ2) is 4.37. The molecule has 2 heterocycles. The first-order chi connectivity index (χ1) is 7.70. The van der Waals surface area contributed by atoms with Crippen molar-refractivity contribution in [3.05, 3.63) is 47.8 Å². The Balaban J connectivity index is 2.51. The molecule has 3 nitrogen and oxygen atoms in total. The van der Waals surface area contributed by atoms with Gasteiger partial charge in [-0.15, -0.1) is 0 Å². The van der Waals surface area contributed by atoms with Crippen LogP contribution >= 0.6 is 0 Å². The number of hydrogen-bond donors (Lipinski definition) is 1. The van der Waals surface area contributed by atoms with Gasteiger partial charge in [0.25, 0.3) is 0 Å². The number of aromatic nitrogens is 2. The van der Waals surface area contributed by atoms with Crippen molar-refractivity contribution in [1.82, 2.24) is 9.97 Å². The van der Waals surface area contributed by atoms with Gasteiger partial charge in [0.15, 0.2) is 0 Å². The van der Waals surface area contributed by atoms with Crippen LogP contribution in [0, 0.1) is 12.9 Å². The number of pyridine rings is 2. The van der Waals surface area contributed by atoms with Crippen LogP contribution in [0.5, 0.6) is 0 Å². The third-order valence-corrected chi connectivity index (χ3v) is 2.30. The lowest BCUT2D eigenvalue weighted by atomic mass is 10.1. The van der Waals surface area contributed by atoms with Crippen molar-refractivity contribution in [3.63, 3.8) is 0 Å². The highest BCUT2D eigenvalue weighted by atomic mass is 19.1. The summed E-state index contributed by atoms with van der Waals surface area (Å²) in [5.41, 5.74) is 2.94. The minimum Gasteiger partial charge on any atom is -0.390 e. The smallest absolute Gasteiger partial charge is 0.212 e. The van der Waals surface area contributed by atoms with E-state index >= 15 is 0 Å². The Bertz CT molecular complexity index is 497. The number of aliphatic hydroxyl groups is 1. The summed E-state index contributed by atoms with van der Waals surface area (Å²) in [7, 11) is 0. The monoisotopic (exact) mass is 218 g/mol. The fourth-order valence-corrected chi connectivity index (χ4v) is 1.53. The van der Waals surface area contributed by atoms with Crippen LogP contribution in [0.2, 0.25) is 0 Å². The van der Waals surface area contributed by atoms with E-state index in [0.717, 1.165) is 16.8 Å². The van der Waals surface area contributed by atoms with Crippen molar-refractivity contribution >= 4 is 0 Å². The molecule has 0 amide bonds. The maximum Gasteiger partial charge on any atom is 0.212 e. The van der Waals surface area contributed by atoms with Gasteiger partial charge in [0.2, 0.25) is 5.95 Å². The van der Waals surface area contributed by atoms with Crippen LogP contribution in [0.3, 0.4) is 0 Å². The topological polar surface area (TPSA) is 46.0 Å². The number of halogens is 1. The summed E-state index contributed by atoms with van der Waals surface area (Å²) in [6.07, 6.45) is 1.43. The van der Waals surface area contributed by atoms with Gasteiger partial charge in [0.05, 0.1) is 12.3 Å². The van der Waals surface area contributed by atoms with Crippen LogP contribution in [-0.4, -0.2) is 15.1 Å². The molecular formula is C12H11FN2O. The van der Waals surface area contributed by atoms with E-state index in [9.17, 15) is 9.50 Å². The van der Waals surface area contributed by atoms with E-state index < -0.39 is 5.95 Å². The second-order valence-electron chi connectivity index (χ2n) is 3.47.